The fourth-order valence-corrected chi connectivity index (χ4v) is 1.35. The zero-order valence-electron chi connectivity index (χ0n) is 6.68. The van der Waals surface area contributed by atoms with Crippen molar-refractivity contribution in [3.8, 4) is 0 Å². The summed E-state index contributed by atoms with van der Waals surface area (Å²) in [6.07, 6.45) is 1.18. The molecule has 1 N–H and O–H groups in total. The SMILES string of the molecule is C=CC(=O)Nc1cc(Cl)cc(Cl)c1. The molecule has 0 aliphatic heterocycles. The van der Waals surface area contributed by atoms with E-state index in [1.54, 1.807) is 18.2 Å². The van der Waals surface area contributed by atoms with Gasteiger partial charge in [-0.3, -0.25) is 4.79 Å². The van der Waals surface area contributed by atoms with Crippen LogP contribution in [-0.4, -0.2) is 5.91 Å². The van der Waals surface area contributed by atoms with Crippen molar-refractivity contribution in [2.24, 2.45) is 0 Å². The molecule has 0 aliphatic rings. The minimum absolute atomic E-state index is 0.293. The van der Waals surface area contributed by atoms with E-state index in [4.69, 9.17) is 23.2 Å². The molecule has 0 aromatic heterocycles. The molecule has 0 fully saturated rings. The lowest BCUT2D eigenvalue weighted by atomic mass is 10.3. The van der Waals surface area contributed by atoms with Crippen molar-refractivity contribution < 1.29 is 4.79 Å². The normalized spacial score (nSPS) is 9.38. The molecule has 0 saturated carbocycles. The third kappa shape index (κ3) is 3.09. The first kappa shape index (κ1) is 10.1. The van der Waals surface area contributed by atoms with Gasteiger partial charge in [0, 0.05) is 15.7 Å². The van der Waals surface area contributed by atoms with Gasteiger partial charge in [-0.25, -0.2) is 0 Å². The average Bonchev–Trinajstić information content (AvgIpc) is 2.02. The molecule has 1 aromatic rings. The van der Waals surface area contributed by atoms with Gasteiger partial charge in [0.2, 0.25) is 5.91 Å². The summed E-state index contributed by atoms with van der Waals surface area (Å²) in [6, 6.07) is 4.80. The van der Waals surface area contributed by atoms with E-state index in [9.17, 15) is 4.79 Å². The maximum atomic E-state index is 10.9. The first-order valence-electron chi connectivity index (χ1n) is 3.51. The highest BCUT2D eigenvalue weighted by atomic mass is 35.5. The van der Waals surface area contributed by atoms with E-state index >= 15 is 0 Å². The minimum Gasteiger partial charge on any atom is -0.322 e. The Labute approximate surface area is 86.2 Å². The number of hydrogen-bond donors (Lipinski definition) is 1. The minimum atomic E-state index is -0.293. The number of nitrogens with one attached hydrogen (secondary N) is 1. The van der Waals surface area contributed by atoms with E-state index < -0.39 is 0 Å². The van der Waals surface area contributed by atoms with Crippen molar-refractivity contribution in [3.63, 3.8) is 0 Å². The summed E-state index contributed by atoms with van der Waals surface area (Å²) in [6.45, 7) is 3.32. The lowest BCUT2D eigenvalue weighted by molar-refractivity contribution is -0.111. The van der Waals surface area contributed by atoms with Crippen molar-refractivity contribution in [1.82, 2.24) is 0 Å². The van der Waals surface area contributed by atoms with Gasteiger partial charge in [0.05, 0.1) is 0 Å². The molecule has 4 heteroatoms. The van der Waals surface area contributed by atoms with Gasteiger partial charge in [0.1, 0.15) is 0 Å². The first-order valence-corrected chi connectivity index (χ1v) is 4.27. The molecule has 1 rings (SSSR count). The van der Waals surface area contributed by atoms with Gasteiger partial charge < -0.3 is 5.32 Å². The maximum Gasteiger partial charge on any atom is 0.247 e. The van der Waals surface area contributed by atoms with Crippen LogP contribution in [0.25, 0.3) is 0 Å². The number of rotatable bonds is 2. The molecular formula is C9H7Cl2NO. The van der Waals surface area contributed by atoms with Crippen molar-refractivity contribution in [3.05, 3.63) is 40.9 Å². The number of amides is 1. The fraction of sp³-hybridized carbons (Fsp3) is 0. The van der Waals surface area contributed by atoms with Gasteiger partial charge in [-0.05, 0) is 24.3 Å². The van der Waals surface area contributed by atoms with E-state index in [-0.39, 0.29) is 5.91 Å². The monoisotopic (exact) mass is 215 g/mol. The van der Waals surface area contributed by atoms with E-state index in [2.05, 4.69) is 11.9 Å². The molecule has 0 aliphatic carbocycles. The number of anilines is 1. The number of halogens is 2. The molecule has 0 unspecified atom stereocenters. The maximum absolute atomic E-state index is 10.9. The molecular weight excluding hydrogens is 209 g/mol. The molecule has 1 aromatic carbocycles. The molecule has 1 amide bonds. The Balaban J connectivity index is 2.89. The Morgan fingerprint density at radius 2 is 1.85 bits per heavy atom. The van der Waals surface area contributed by atoms with Crippen LogP contribution < -0.4 is 5.32 Å². The van der Waals surface area contributed by atoms with Crippen LogP contribution in [-0.2, 0) is 4.79 Å². The van der Waals surface area contributed by atoms with Gasteiger partial charge >= 0.3 is 0 Å². The van der Waals surface area contributed by atoms with Crippen molar-refractivity contribution in [1.29, 1.82) is 0 Å². The highest BCUT2D eigenvalue weighted by Gasteiger charge is 1.99. The van der Waals surface area contributed by atoms with E-state index in [0.717, 1.165) is 0 Å². The second-order valence-electron chi connectivity index (χ2n) is 2.35. The summed E-state index contributed by atoms with van der Waals surface area (Å²) < 4.78 is 0. The Hall–Kier alpha value is -0.990. The molecule has 0 spiro atoms. The fourth-order valence-electron chi connectivity index (χ4n) is 0.819. The third-order valence-electron chi connectivity index (χ3n) is 1.32. The summed E-state index contributed by atoms with van der Waals surface area (Å²) in [5, 5.41) is 3.50. The first-order chi connectivity index (χ1) is 6.11. The van der Waals surface area contributed by atoms with Crippen LogP contribution in [0.2, 0.25) is 10.0 Å². The third-order valence-corrected chi connectivity index (χ3v) is 1.75. The molecule has 0 bridgehead atoms. The Morgan fingerprint density at radius 3 is 2.31 bits per heavy atom. The van der Waals surface area contributed by atoms with Crippen LogP contribution in [0.3, 0.4) is 0 Å². The summed E-state index contributed by atoms with van der Waals surface area (Å²) in [5.74, 6) is -0.293. The Morgan fingerprint density at radius 1 is 1.31 bits per heavy atom. The van der Waals surface area contributed by atoms with Crippen LogP contribution in [0.1, 0.15) is 0 Å². The van der Waals surface area contributed by atoms with E-state index in [1.165, 1.54) is 6.08 Å². The molecule has 13 heavy (non-hydrogen) atoms. The molecule has 0 saturated heterocycles. The molecule has 0 radical (unpaired) electrons. The standard InChI is InChI=1S/C9H7Cl2NO/c1-2-9(13)12-8-4-6(10)3-7(11)5-8/h2-5H,1H2,(H,12,13). The van der Waals surface area contributed by atoms with E-state index in [0.29, 0.717) is 15.7 Å². The van der Waals surface area contributed by atoms with Crippen molar-refractivity contribution >= 4 is 34.8 Å². The smallest absolute Gasteiger partial charge is 0.247 e. The zero-order chi connectivity index (χ0) is 9.84. The van der Waals surface area contributed by atoms with Crippen molar-refractivity contribution in [2.75, 3.05) is 5.32 Å². The van der Waals surface area contributed by atoms with Gasteiger partial charge in [-0.15, -0.1) is 0 Å². The summed E-state index contributed by atoms with van der Waals surface area (Å²) >= 11 is 11.4. The number of carbonyl (C=O) groups is 1. The predicted molar refractivity (Wildman–Crippen MR) is 55.3 cm³/mol. The second-order valence-corrected chi connectivity index (χ2v) is 3.22. The van der Waals surface area contributed by atoms with Gasteiger partial charge in [0.15, 0.2) is 0 Å². The van der Waals surface area contributed by atoms with Crippen LogP contribution in [0.5, 0.6) is 0 Å². The van der Waals surface area contributed by atoms with Crippen LogP contribution in [0, 0.1) is 0 Å². The van der Waals surface area contributed by atoms with Gasteiger partial charge in [-0.2, -0.15) is 0 Å². The molecule has 0 atom stereocenters. The average molecular weight is 216 g/mol. The second kappa shape index (κ2) is 4.30. The van der Waals surface area contributed by atoms with Gasteiger partial charge in [-0.1, -0.05) is 29.8 Å². The topological polar surface area (TPSA) is 29.1 Å². The number of hydrogen-bond acceptors (Lipinski definition) is 1. The lowest BCUT2D eigenvalue weighted by Gasteiger charge is -2.02. The Bertz CT molecular complexity index is 329. The number of carbonyl (C=O) groups excluding carboxylic acids is 1. The predicted octanol–water partition coefficient (Wildman–Crippen LogP) is 3.12. The lowest BCUT2D eigenvalue weighted by Crippen LogP contribution is -2.06. The quantitative estimate of drug-likeness (QED) is 0.756. The molecule has 68 valence electrons. The van der Waals surface area contributed by atoms with Crippen LogP contribution in [0.15, 0.2) is 30.9 Å². The molecule has 0 heterocycles. The molecule has 2 nitrogen and oxygen atoms in total. The number of benzene rings is 1. The highest BCUT2D eigenvalue weighted by Crippen LogP contribution is 2.22. The summed E-state index contributed by atoms with van der Waals surface area (Å²) in [7, 11) is 0. The van der Waals surface area contributed by atoms with Crippen LogP contribution in [0.4, 0.5) is 5.69 Å². The summed E-state index contributed by atoms with van der Waals surface area (Å²) in [4.78, 5) is 10.9. The van der Waals surface area contributed by atoms with Crippen molar-refractivity contribution in [2.45, 2.75) is 0 Å². The Kier molecular flexibility index (Phi) is 3.34. The zero-order valence-corrected chi connectivity index (χ0v) is 8.19. The van der Waals surface area contributed by atoms with E-state index in [1.807, 2.05) is 0 Å². The largest absolute Gasteiger partial charge is 0.322 e. The highest BCUT2D eigenvalue weighted by molar-refractivity contribution is 6.35. The summed E-state index contributed by atoms with van der Waals surface area (Å²) in [5.41, 5.74) is 0.558. The van der Waals surface area contributed by atoms with Gasteiger partial charge in [0.25, 0.3) is 0 Å². The van der Waals surface area contributed by atoms with Crippen LogP contribution >= 0.6 is 23.2 Å².